The summed E-state index contributed by atoms with van der Waals surface area (Å²) in [5.41, 5.74) is 9.75. The minimum Gasteiger partial charge on any atom is -0.308 e. The molecule has 3 nitrogen and oxygen atoms in total. The lowest BCUT2D eigenvalue weighted by Crippen LogP contribution is -2.11. The topological polar surface area (TPSA) is 30.7 Å². The number of nitrogens with zero attached hydrogens (tertiary/aromatic N) is 3. The van der Waals surface area contributed by atoms with Gasteiger partial charge in [-0.3, -0.25) is 0 Å². The summed E-state index contributed by atoms with van der Waals surface area (Å²) in [4.78, 5) is 9.99. The number of benzene rings is 9. The quantitative estimate of drug-likeness (QED) is 0.142. The Morgan fingerprint density at radius 2 is 0.767 bits per heavy atom. The van der Waals surface area contributed by atoms with Crippen LogP contribution in [-0.4, -0.2) is 14.5 Å². The minimum atomic E-state index is -4.85. The van der Waals surface area contributed by atoms with Gasteiger partial charge < -0.3 is 4.57 Å². The van der Waals surface area contributed by atoms with Gasteiger partial charge in [0.15, 0.2) is 5.82 Å². The molecule has 0 amide bonds. The van der Waals surface area contributed by atoms with E-state index < -0.39 is 23.5 Å². The minimum absolute atomic E-state index is 0.0502. The second-order valence-corrected chi connectivity index (χ2v) is 18.6. The van der Waals surface area contributed by atoms with Gasteiger partial charge in [0, 0.05) is 38.6 Å². The Morgan fingerprint density at radius 1 is 0.342 bits per heavy atom. The monoisotopic (exact) mass is 969 g/mol. The molecule has 0 saturated carbocycles. The summed E-state index contributed by atoms with van der Waals surface area (Å²) < 4.78 is 95.5. The fourth-order valence-corrected chi connectivity index (χ4v) is 10.3. The number of aromatic nitrogens is 3. The van der Waals surface area contributed by atoms with Gasteiger partial charge >= 0.3 is 12.4 Å². The molecule has 0 aliphatic carbocycles. The van der Waals surface area contributed by atoms with Crippen molar-refractivity contribution in [2.75, 3.05) is 0 Å². The lowest BCUT2D eigenvalue weighted by atomic mass is 9.88. The number of aryl methyl sites for hydroxylation is 4. The Balaban J connectivity index is 1.32. The summed E-state index contributed by atoms with van der Waals surface area (Å²) >= 11 is 0. The van der Waals surface area contributed by atoms with Crippen molar-refractivity contribution in [1.29, 1.82) is 0 Å². The van der Waals surface area contributed by atoms with Crippen LogP contribution in [0.3, 0.4) is 0 Å². The number of fused-ring (bicyclic) bond motifs is 3. The molecule has 73 heavy (non-hydrogen) atoms. The molecule has 2 aromatic heterocycles. The summed E-state index contributed by atoms with van der Waals surface area (Å²) in [5, 5.41) is 1.54. The van der Waals surface area contributed by atoms with Gasteiger partial charge in [0.05, 0.1) is 39.2 Å². The summed E-state index contributed by atoms with van der Waals surface area (Å²) in [6.45, 7) is 8.17. The third-order valence-electron chi connectivity index (χ3n) is 13.7. The molecule has 2 heterocycles. The molecule has 0 bridgehead atoms. The van der Waals surface area contributed by atoms with E-state index in [1.165, 1.54) is 36.4 Å². The standard InChI is InChI=1S/C64H45F6N3/c1-38-23-27-47(40(3)31-38)44-25-29-59-51(33-44)52-34-45(48-28-24-39(2)32-41(48)4)26-30-60(52)73(59)61-53(49-19-11-13-21-55(49)63(65,66)67)35-46(36-54(61)50-20-12-14-22-56(50)64(68,69)70)58-37-57(42-15-7-5-8-16-42)71-62(72-58)43-17-9-6-10-18-43/h5-37H,1-4H3. The summed E-state index contributed by atoms with van der Waals surface area (Å²) in [7, 11) is 0. The Morgan fingerprint density at radius 3 is 1.22 bits per heavy atom. The Hall–Kier alpha value is -8.56. The van der Waals surface area contributed by atoms with Crippen LogP contribution in [0, 0.1) is 27.7 Å². The van der Waals surface area contributed by atoms with E-state index in [0.717, 1.165) is 73.0 Å². The Kier molecular flexibility index (Phi) is 11.7. The fourth-order valence-electron chi connectivity index (χ4n) is 10.3. The number of halogens is 6. The maximum atomic E-state index is 15.6. The van der Waals surface area contributed by atoms with E-state index in [1.807, 2.05) is 129 Å². The van der Waals surface area contributed by atoms with Gasteiger partial charge in [0.25, 0.3) is 0 Å². The van der Waals surface area contributed by atoms with Crippen molar-refractivity contribution in [2.24, 2.45) is 0 Å². The number of hydrogen-bond donors (Lipinski definition) is 0. The van der Waals surface area contributed by atoms with E-state index in [0.29, 0.717) is 33.8 Å². The lowest BCUT2D eigenvalue weighted by molar-refractivity contribution is -0.137. The first kappa shape index (κ1) is 46.8. The first-order chi connectivity index (χ1) is 35.1. The highest BCUT2D eigenvalue weighted by Gasteiger charge is 2.37. The molecular weight excluding hydrogens is 925 g/mol. The molecule has 0 atom stereocenters. The van der Waals surface area contributed by atoms with E-state index in [1.54, 1.807) is 18.2 Å². The van der Waals surface area contributed by atoms with Gasteiger partial charge in [0.2, 0.25) is 0 Å². The van der Waals surface area contributed by atoms with Crippen LogP contribution in [0.25, 0.3) is 106 Å². The highest BCUT2D eigenvalue weighted by Crippen LogP contribution is 2.50. The van der Waals surface area contributed by atoms with Gasteiger partial charge in [-0.25, -0.2) is 9.97 Å². The zero-order valence-electron chi connectivity index (χ0n) is 40.2. The second kappa shape index (κ2) is 18.2. The largest absolute Gasteiger partial charge is 0.417 e. The van der Waals surface area contributed by atoms with Gasteiger partial charge in [0.1, 0.15) is 0 Å². The molecule has 0 spiro atoms. The number of hydrogen-bond acceptors (Lipinski definition) is 2. The maximum Gasteiger partial charge on any atom is 0.417 e. The van der Waals surface area contributed by atoms with Crippen LogP contribution in [0.15, 0.2) is 200 Å². The van der Waals surface area contributed by atoms with Crippen molar-refractivity contribution in [2.45, 2.75) is 40.0 Å². The van der Waals surface area contributed by atoms with Crippen molar-refractivity contribution in [1.82, 2.24) is 14.5 Å². The lowest BCUT2D eigenvalue weighted by Gasteiger charge is -2.24. The van der Waals surface area contributed by atoms with Gasteiger partial charge in [-0.15, -0.1) is 0 Å². The summed E-state index contributed by atoms with van der Waals surface area (Å²) in [5.74, 6) is 0.331. The highest BCUT2D eigenvalue weighted by molar-refractivity contribution is 6.13. The average Bonchev–Trinajstić information content (AvgIpc) is 3.71. The molecule has 358 valence electrons. The fraction of sp³-hybridized carbons (Fsp3) is 0.0938. The molecule has 0 aliphatic heterocycles. The Labute approximate surface area is 418 Å². The van der Waals surface area contributed by atoms with Crippen LogP contribution in [-0.2, 0) is 12.4 Å². The second-order valence-electron chi connectivity index (χ2n) is 18.6. The maximum absolute atomic E-state index is 15.6. The third-order valence-corrected chi connectivity index (χ3v) is 13.7. The number of rotatable bonds is 8. The van der Waals surface area contributed by atoms with E-state index in [-0.39, 0.29) is 33.5 Å². The number of alkyl halides is 6. The zero-order chi connectivity index (χ0) is 50.8. The molecular formula is C64H45F6N3. The predicted octanol–water partition coefficient (Wildman–Crippen LogP) is 18.5. The molecule has 0 radical (unpaired) electrons. The molecule has 11 rings (SSSR count). The third kappa shape index (κ3) is 8.75. The van der Waals surface area contributed by atoms with Crippen molar-refractivity contribution in [3.05, 3.63) is 234 Å². The summed E-state index contributed by atoms with van der Waals surface area (Å²) in [6, 6.07) is 58.6. The van der Waals surface area contributed by atoms with Crippen molar-refractivity contribution in [3.8, 4) is 84.1 Å². The molecule has 0 N–H and O–H groups in total. The predicted molar refractivity (Wildman–Crippen MR) is 283 cm³/mol. The van der Waals surface area contributed by atoms with E-state index in [9.17, 15) is 0 Å². The van der Waals surface area contributed by atoms with Gasteiger partial charge in [-0.1, -0.05) is 157 Å². The van der Waals surface area contributed by atoms with Gasteiger partial charge in [-0.05, 0) is 127 Å². The van der Waals surface area contributed by atoms with Crippen molar-refractivity contribution < 1.29 is 26.3 Å². The van der Waals surface area contributed by atoms with E-state index in [2.05, 4.69) is 36.4 Å². The molecule has 0 unspecified atom stereocenters. The van der Waals surface area contributed by atoms with Gasteiger partial charge in [-0.2, -0.15) is 26.3 Å². The molecule has 11 aromatic rings. The molecule has 0 fully saturated rings. The van der Waals surface area contributed by atoms with Crippen LogP contribution in [0.5, 0.6) is 0 Å². The molecule has 9 aromatic carbocycles. The zero-order valence-corrected chi connectivity index (χ0v) is 40.2. The SMILES string of the molecule is Cc1ccc(-c2ccc3c(c2)c2cc(-c4ccc(C)cc4C)ccc2n3-c2c(-c3ccccc3C(F)(F)F)cc(-c3cc(-c4ccccc4)nc(-c4ccccc4)n3)cc2-c2ccccc2C(F)(F)F)c(C)c1. The van der Waals surface area contributed by atoms with Crippen LogP contribution in [0.4, 0.5) is 26.3 Å². The molecule has 0 aliphatic rings. The first-order valence-electron chi connectivity index (χ1n) is 23.9. The van der Waals surface area contributed by atoms with Crippen LogP contribution < -0.4 is 0 Å². The van der Waals surface area contributed by atoms with Crippen LogP contribution in [0.1, 0.15) is 33.4 Å². The van der Waals surface area contributed by atoms with E-state index in [4.69, 9.17) is 9.97 Å². The Bertz CT molecular complexity index is 3680. The van der Waals surface area contributed by atoms with Crippen molar-refractivity contribution >= 4 is 21.8 Å². The average molecular weight is 970 g/mol. The molecule has 0 saturated heterocycles. The first-order valence-corrected chi connectivity index (χ1v) is 23.9. The van der Waals surface area contributed by atoms with Crippen LogP contribution >= 0.6 is 0 Å². The normalized spacial score (nSPS) is 12.0. The molecule has 9 heteroatoms. The van der Waals surface area contributed by atoms with Crippen LogP contribution in [0.2, 0.25) is 0 Å². The van der Waals surface area contributed by atoms with Crippen molar-refractivity contribution in [3.63, 3.8) is 0 Å². The van der Waals surface area contributed by atoms with E-state index >= 15 is 26.3 Å². The summed E-state index contributed by atoms with van der Waals surface area (Å²) in [6.07, 6.45) is -9.71. The highest BCUT2D eigenvalue weighted by atomic mass is 19.4. The smallest absolute Gasteiger partial charge is 0.308 e.